The number of methoxy groups -OCH3 is 1. The average molecular weight is 120 g/mol. The summed E-state index contributed by atoms with van der Waals surface area (Å²) >= 11 is 0. The summed E-state index contributed by atoms with van der Waals surface area (Å²) in [5.41, 5.74) is 0. The largest absolute Gasteiger partial charge is 0.341 e. The van der Waals surface area contributed by atoms with Crippen molar-refractivity contribution < 1.29 is 9.84 Å². The van der Waals surface area contributed by atoms with Crippen LogP contribution >= 0.6 is 0 Å². The normalized spacial score (nSPS) is 12.0. The minimum atomic E-state index is -1.38. The molecule has 0 unspecified atom stereocenters. The molecule has 0 fully saturated rings. The van der Waals surface area contributed by atoms with E-state index >= 15 is 0 Å². The summed E-state index contributed by atoms with van der Waals surface area (Å²) in [7, 11) is 4.56. The lowest BCUT2D eigenvalue weighted by molar-refractivity contribution is -0.222. The first-order valence-corrected chi connectivity index (χ1v) is 2.34. The van der Waals surface area contributed by atoms with Gasteiger partial charge in [-0.05, 0) is 14.1 Å². The monoisotopic (exact) mass is 120 g/mol. The lowest BCUT2D eigenvalue weighted by Gasteiger charge is -2.23. The second-order valence-electron chi connectivity index (χ2n) is 1.35. The van der Waals surface area contributed by atoms with Gasteiger partial charge in [-0.15, -0.1) is 0 Å². The maximum Gasteiger partial charge on any atom is 0.288 e. The van der Waals surface area contributed by atoms with Gasteiger partial charge in [-0.2, -0.15) is 0 Å². The van der Waals surface area contributed by atoms with Crippen molar-refractivity contribution in [1.82, 2.24) is 10.6 Å². The zero-order chi connectivity index (χ0) is 6.62. The van der Waals surface area contributed by atoms with Crippen molar-refractivity contribution in [3.05, 3.63) is 0 Å². The van der Waals surface area contributed by atoms with E-state index in [0.717, 1.165) is 0 Å². The smallest absolute Gasteiger partial charge is 0.288 e. The van der Waals surface area contributed by atoms with Crippen LogP contribution in [0.4, 0.5) is 0 Å². The standard InChI is InChI=1S/C4H12N2O2/c1-5-4(7,6-2)8-3/h5-7H,1-3H3. The van der Waals surface area contributed by atoms with Crippen molar-refractivity contribution in [3.63, 3.8) is 0 Å². The zero-order valence-corrected chi connectivity index (χ0v) is 5.36. The van der Waals surface area contributed by atoms with Gasteiger partial charge in [0, 0.05) is 7.11 Å². The van der Waals surface area contributed by atoms with E-state index in [1.807, 2.05) is 0 Å². The third-order valence-electron chi connectivity index (χ3n) is 0.973. The molecule has 4 nitrogen and oxygen atoms in total. The van der Waals surface area contributed by atoms with Gasteiger partial charge < -0.3 is 9.84 Å². The van der Waals surface area contributed by atoms with Gasteiger partial charge >= 0.3 is 0 Å². The van der Waals surface area contributed by atoms with Crippen LogP contribution in [0.1, 0.15) is 0 Å². The molecule has 0 aliphatic carbocycles. The molecule has 3 N–H and O–H groups in total. The molecule has 0 radical (unpaired) electrons. The highest BCUT2D eigenvalue weighted by atomic mass is 16.7. The maximum atomic E-state index is 8.99. The van der Waals surface area contributed by atoms with E-state index in [1.54, 1.807) is 14.1 Å². The Morgan fingerprint density at radius 2 is 1.75 bits per heavy atom. The van der Waals surface area contributed by atoms with Crippen LogP contribution in [0, 0.1) is 0 Å². The topological polar surface area (TPSA) is 53.5 Å². The van der Waals surface area contributed by atoms with Gasteiger partial charge in [0.15, 0.2) is 0 Å². The Morgan fingerprint density at radius 3 is 1.75 bits per heavy atom. The summed E-state index contributed by atoms with van der Waals surface area (Å²) in [6.45, 7) is 0. The van der Waals surface area contributed by atoms with Gasteiger partial charge in [0.2, 0.25) is 0 Å². The predicted octanol–water partition coefficient (Wildman–Crippen LogP) is -1.32. The molecule has 0 aliphatic rings. The molecule has 0 bridgehead atoms. The molecule has 8 heavy (non-hydrogen) atoms. The lowest BCUT2D eigenvalue weighted by atomic mass is 10.8. The molecule has 0 saturated carbocycles. The molecular weight excluding hydrogens is 108 g/mol. The molecular formula is C4H12N2O2. The van der Waals surface area contributed by atoms with Crippen molar-refractivity contribution in [2.75, 3.05) is 21.2 Å². The summed E-state index contributed by atoms with van der Waals surface area (Å²) in [6.07, 6.45) is 0. The van der Waals surface area contributed by atoms with E-state index in [9.17, 15) is 0 Å². The lowest BCUT2D eigenvalue weighted by Crippen LogP contribution is -2.55. The molecule has 0 amide bonds. The van der Waals surface area contributed by atoms with Crippen molar-refractivity contribution in [2.24, 2.45) is 0 Å². The molecule has 0 rings (SSSR count). The predicted molar refractivity (Wildman–Crippen MR) is 30.1 cm³/mol. The Labute approximate surface area is 48.8 Å². The van der Waals surface area contributed by atoms with Gasteiger partial charge in [-0.1, -0.05) is 0 Å². The molecule has 0 atom stereocenters. The molecule has 0 aromatic rings. The van der Waals surface area contributed by atoms with Crippen LogP contribution in [0.3, 0.4) is 0 Å². The van der Waals surface area contributed by atoms with Gasteiger partial charge in [0.25, 0.3) is 6.03 Å². The van der Waals surface area contributed by atoms with Crippen LogP contribution in [-0.2, 0) is 4.74 Å². The fourth-order valence-electron chi connectivity index (χ4n) is 0.329. The second kappa shape index (κ2) is 2.99. The number of hydrogen-bond acceptors (Lipinski definition) is 4. The van der Waals surface area contributed by atoms with Gasteiger partial charge in [0.05, 0.1) is 0 Å². The Hall–Kier alpha value is -0.160. The first kappa shape index (κ1) is 7.84. The summed E-state index contributed by atoms with van der Waals surface area (Å²) in [4.78, 5) is 0. The van der Waals surface area contributed by atoms with Crippen LogP contribution in [0.2, 0.25) is 0 Å². The van der Waals surface area contributed by atoms with Gasteiger partial charge in [0.1, 0.15) is 0 Å². The minimum Gasteiger partial charge on any atom is -0.341 e. The molecule has 50 valence electrons. The van der Waals surface area contributed by atoms with Crippen LogP contribution < -0.4 is 10.6 Å². The number of aliphatic hydroxyl groups is 1. The zero-order valence-electron chi connectivity index (χ0n) is 5.36. The number of nitrogens with one attached hydrogen (secondary N) is 2. The van der Waals surface area contributed by atoms with E-state index in [0.29, 0.717) is 0 Å². The SMILES string of the molecule is CNC(O)(NC)OC. The van der Waals surface area contributed by atoms with Crippen molar-refractivity contribution in [2.45, 2.75) is 6.03 Å². The molecule has 0 heterocycles. The van der Waals surface area contributed by atoms with E-state index in [-0.39, 0.29) is 0 Å². The Morgan fingerprint density at radius 1 is 1.38 bits per heavy atom. The third kappa shape index (κ3) is 1.75. The van der Waals surface area contributed by atoms with Crippen molar-refractivity contribution >= 4 is 0 Å². The third-order valence-corrected chi connectivity index (χ3v) is 0.973. The summed E-state index contributed by atoms with van der Waals surface area (Å²) in [5, 5.41) is 14.0. The van der Waals surface area contributed by atoms with E-state index in [2.05, 4.69) is 15.4 Å². The van der Waals surface area contributed by atoms with E-state index in [1.165, 1.54) is 7.11 Å². The molecule has 0 aromatic heterocycles. The number of hydrogen-bond donors (Lipinski definition) is 3. The minimum absolute atomic E-state index is 1.38. The number of ether oxygens (including phenoxy) is 1. The molecule has 0 saturated heterocycles. The summed E-state index contributed by atoms with van der Waals surface area (Å²) < 4.78 is 4.57. The highest BCUT2D eigenvalue weighted by molar-refractivity contribution is 4.50. The molecule has 0 aliphatic heterocycles. The average Bonchev–Trinajstić information content (AvgIpc) is 1.87. The summed E-state index contributed by atoms with van der Waals surface area (Å²) in [6, 6.07) is -1.38. The Kier molecular flexibility index (Phi) is 2.93. The highest BCUT2D eigenvalue weighted by Gasteiger charge is 2.19. The first-order valence-electron chi connectivity index (χ1n) is 2.34. The van der Waals surface area contributed by atoms with Crippen molar-refractivity contribution in [1.29, 1.82) is 0 Å². The first-order chi connectivity index (χ1) is 3.68. The van der Waals surface area contributed by atoms with Gasteiger partial charge in [-0.3, -0.25) is 10.6 Å². The molecule has 0 spiro atoms. The van der Waals surface area contributed by atoms with E-state index in [4.69, 9.17) is 5.11 Å². The highest BCUT2D eigenvalue weighted by Crippen LogP contribution is 1.89. The second-order valence-corrected chi connectivity index (χ2v) is 1.35. The summed E-state index contributed by atoms with van der Waals surface area (Å²) in [5.74, 6) is 0. The Bertz CT molecular complexity index is 54.8. The van der Waals surface area contributed by atoms with Crippen LogP contribution in [0.25, 0.3) is 0 Å². The van der Waals surface area contributed by atoms with Crippen LogP contribution in [-0.4, -0.2) is 32.3 Å². The maximum absolute atomic E-state index is 8.99. The van der Waals surface area contributed by atoms with Crippen LogP contribution in [0.15, 0.2) is 0 Å². The fourth-order valence-corrected chi connectivity index (χ4v) is 0.329. The van der Waals surface area contributed by atoms with Gasteiger partial charge in [-0.25, -0.2) is 0 Å². The Balaban J connectivity index is 3.58. The fraction of sp³-hybridized carbons (Fsp3) is 1.00. The number of rotatable bonds is 3. The van der Waals surface area contributed by atoms with Crippen LogP contribution in [0.5, 0.6) is 0 Å². The molecule has 4 heteroatoms. The quantitative estimate of drug-likeness (QED) is 0.404. The van der Waals surface area contributed by atoms with Crippen molar-refractivity contribution in [3.8, 4) is 0 Å². The van der Waals surface area contributed by atoms with E-state index < -0.39 is 6.03 Å². The molecule has 0 aromatic carbocycles.